The van der Waals surface area contributed by atoms with Gasteiger partial charge >= 0.3 is 0 Å². The predicted molar refractivity (Wildman–Crippen MR) is 93.6 cm³/mol. The van der Waals surface area contributed by atoms with Gasteiger partial charge in [0.25, 0.3) is 0 Å². The van der Waals surface area contributed by atoms with Crippen molar-refractivity contribution in [1.82, 2.24) is 5.43 Å². The van der Waals surface area contributed by atoms with Crippen molar-refractivity contribution in [2.24, 2.45) is 5.10 Å². The Morgan fingerprint density at radius 3 is 2.50 bits per heavy atom. The average molecular weight is 366 g/mol. The Hall–Kier alpha value is -2.57. The van der Waals surface area contributed by atoms with Gasteiger partial charge in [-0.3, -0.25) is 9.59 Å². The van der Waals surface area contributed by atoms with Crippen LogP contribution in [0.5, 0.6) is 5.75 Å². The maximum Gasteiger partial charge on any atom is 0.249 e. The lowest BCUT2D eigenvalue weighted by molar-refractivity contribution is -0.126. The van der Waals surface area contributed by atoms with Crippen LogP contribution in [-0.4, -0.2) is 23.1 Å². The quantitative estimate of drug-likeness (QED) is 0.431. The summed E-state index contributed by atoms with van der Waals surface area (Å²) in [4.78, 5) is 23.5. The van der Waals surface area contributed by atoms with E-state index < -0.39 is 18.2 Å². The van der Waals surface area contributed by atoms with E-state index in [1.54, 1.807) is 30.3 Å². The van der Waals surface area contributed by atoms with Crippen LogP contribution in [0.2, 0.25) is 10.0 Å². The molecule has 2 rings (SSSR count). The summed E-state index contributed by atoms with van der Waals surface area (Å²) in [6, 6.07) is 11.0. The molecule has 0 unspecified atom stereocenters. The number of nitrogens with zero attached hydrogens (tertiary/aromatic N) is 1. The molecule has 124 valence electrons. The number of halogens is 2. The van der Waals surface area contributed by atoms with Gasteiger partial charge in [0.15, 0.2) is 0 Å². The molecule has 0 heterocycles. The molecule has 2 aromatic rings. The summed E-state index contributed by atoms with van der Waals surface area (Å²) in [5, 5.41) is 15.9. The van der Waals surface area contributed by atoms with E-state index in [4.69, 9.17) is 28.3 Å². The SMILES string of the molecule is O=C(CC(=O)Nc1cccc(Cl)c1Cl)NN=Cc1ccc(O)cc1. The van der Waals surface area contributed by atoms with Crippen LogP contribution >= 0.6 is 23.2 Å². The molecule has 0 fully saturated rings. The monoisotopic (exact) mass is 365 g/mol. The van der Waals surface area contributed by atoms with E-state index in [1.165, 1.54) is 18.3 Å². The van der Waals surface area contributed by atoms with Crippen molar-refractivity contribution in [2.75, 3.05) is 5.32 Å². The fraction of sp³-hybridized carbons (Fsp3) is 0.0625. The molecule has 2 aromatic carbocycles. The number of rotatable bonds is 5. The van der Waals surface area contributed by atoms with Crippen LogP contribution in [0.1, 0.15) is 12.0 Å². The highest BCUT2D eigenvalue weighted by molar-refractivity contribution is 6.44. The minimum Gasteiger partial charge on any atom is -0.508 e. The van der Waals surface area contributed by atoms with Crippen molar-refractivity contribution in [3.05, 3.63) is 58.1 Å². The Kier molecular flexibility index (Phi) is 6.17. The molecular weight excluding hydrogens is 353 g/mol. The molecule has 0 aliphatic carbocycles. The first kappa shape index (κ1) is 17.8. The maximum atomic E-state index is 11.8. The van der Waals surface area contributed by atoms with E-state index in [9.17, 15) is 9.59 Å². The topological polar surface area (TPSA) is 90.8 Å². The number of hydrazone groups is 1. The van der Waals surface area contributed by atoms with Crippen molar-refractivity contribution >= 4 is 46.9 Å². The summed E-state index contributed by atoms with van der Waals surface area (Å²) in [5.41, 5.74) is 3.25. The second-order valence-electron chi connectivity index (χ2n) is 4.71. The maximum absolute atomic E-state index is 11.8. The zero-order valence-electron chi connectivity index (χ0n) is 12.3. The fourth-order valence-electron chi connectivity index (χ4n) is 1.72. The number of aromatic hydroxyl groups is 1. The number of anilines is 1. The Morgan fingerprint density at radius 2 is 1.79 bits per heavy atom. The Bertz CT molecular complexity index is 777. The minimum absolute atomic E-state index is 0.132. The molecular formula is C16H13Cl2N3O3. The van der Waals surface area contributed by atoms with Crippen molar-refractivity contribution < 1.29 is 14.7 Å². The lowest BCUT2D eigenvalue weighted by Crippen LogP contribution is -2.24. The lowest BCUT2D eigenvalue weighted by atomic mass is 10.2. The van der Waals surface area contributed by atoms with Gasteiger partial charge in [0.2, 0.25) is 11.8 Å². The Labute approximate surface area is 148 Å². The molecule has 0 aromatic heterocycles. The van der Waals surface area contributed by atoms with E-state index in [0.717, 1.165) is 0 Å². The summed E-state index contributed by atoms with van der Waals surface area (Å²) < 4.78 is 0. The first-order valence-electron chi connectivity index (χ1n) is 6.80. The van der Waals surface area contributed by atoms with Gasteiger partial charge in [-0.25, -0.2) is 5.43 Å². The highest BCUT2D eigenvalue weighted by Crippen LogP contribution is 2.29. The number of phenols is 1. The third-order valence-corrected chi connectivity index (χ3v) is 3.66. The standard InChI is InChI=1S/C16H13Cl2N3O3/c17-12-2-1-3-13(16(12)18)20-14(23)8-15(24)21-19-9-10-4-6-11(22)7-5-10/h1-7,9,22H,8H2,(H,20,23)(H,21,24). The van der Waals surface area contributed by atoms with Crippen LogP contribution in [0.15, 0.2) is 47.6 Å². The normalized spacial score (nSPS) is 10.6. The van der Waals surface area contributed by atoms with E-state index >= 15 is 0 Å². The molecule has 2 amide bonds. The predicted octanol–water partition coefficient (Wildman–Crippen LogP) is 3.18. The van der Waals surface area contributed by atoms with Crippen molar-refractivity contribution in [3.8, 4) is 5.75 Å². The van der Waals surface area contributed by atoms with E-state index in [1.807, 2.05) is 0 Å². The number of hydrogen-bond donors (Lipinski definition) is 3. The zero-order valence-corrected chi connectivity index (χ0v) is 13.8. The lowest BCUT2D eigenvalue weighted by Gasteiger charge is -2.07. The van der Waals surface area contributed by atoms with Crippen LogP contribution in [0.3, 0.4) is 0 Å². The summed E-state index contributed by atoms with van der Waals surface area (Å²) in [7, 11) is 0. The van der Waals surface area contributed by atoms with Gasteiger partial charge in [0.05, 0.1) is 21.9 Å². The molecule has 0 radical (unpaired) electrons. The third kappa shape index (κ3) is 5.26. The van der Waals surface area contributed by atoms with Gasteiger partial charge in [0.1, 0.15) is 12.2 Å². The van der Waals surface area contributed by atoms with Gasteiger partial charge in [-0.05, 0) is 42.0 Å². The van der Waals surface area contributed by atoms with Crippen molar-refractivity contribution in [2.45, 2.75) is 6.42 Å². The second-order valence-corrected chi connectivity index (χ2v) is 5.50. The smallest absolute Gasteiger partial charge is 0.249 e. The molecule has 0 aliphatic rings. The van der Waals surface area contributed by atoms with Gasteiger partial charge < -0.3 is 10.4 Å². The number of carbonyl (C=O) groups excluding carboxylic acids is 2. The second kappa shape index (κ2) is 8.33. The number of nitrogens with one attached hydrogen (secondary N) is 2. The molecule has 0 saturated carbocycles. The van der Waals surface area contributed by atoms with E-state index in [-0.39, 0.29) is 10.8 Å². The van der Waals surface area contributed by atoms with E-state index in [0.29, 0.717) is 16.3 Å². The first-order valence-corrected chi connectivity index (χ1v) is 7.56. The van der Waals surface area contributed by atoms with Crippen LogP contribution < -0.4 is 10.7 Å². The van der Waals surface area contributed by atoms with Crippen LogP contribution in [0, 0.1) is 0 Å². The number of carbonyl (C=O) groups is 2. The van der Waals surface area contributed by atoms with Crippen molar-refractivity contribution in [3.63, 3.8) is 0 Å². The van der Waals surface area contributed by atoms with Crippen LogP contribution in [-0.2, 0) is 9.59 Å². The Morgan fingerprint density at radius 1 is 1.08 bits per heavy atom. The average Bonchev–Trinajstić information content (AvgIpc) is 2.53. The van der Waals surface area contributed by atoms with Crippen LogP contribution in [0.25, 0.3) is 0 Å². The third-order valence-electron chi connectivity index (χ3n) is 2.84. The first-order chi connectivity index (χ1) is 11.5. The highest BCUT2D eigenvalue weighted by Gasteiger charge is 2.11. The number of amides is 2. The number of hydrogen-bond acceptors (Lipinski definition) is 4. The van der Waals surface area contributed by atoms with Gasteiger partial charge in [0, 0.05) is 0 Å². The molecule has 0 bridgehead atoms. The molecule has 8 heteroatoms. The van der Waals surface area contributed by atoms with Crippen molar-refractivity contribution in [1.29, 1.82) is 0 Å². The van der Waals surface area contributed by atoms with Gasteiger partial charge in [-0.15, -0.1) is 0 Å². The molecule has 0 atom stereocenters. The molecule has 6 nitrogen and oxygen atoms in total. The molecule has 3 N–H and O–H groups in total. The molecule has 0 aliphatic heterocycles. The van der Waals surface area contributed by atoms with E-state index in [2.05, 4.69) is 15.8 Å². The summed E-state index contributed by atoms with van der Waals surface area (Å²) in [6.07, 6.45) is 0.971. The molecule has 0 spiro atoms. The van der Waals surface area contributed by atoms with Gasteiger partial charge in [-0.2, -0.15) is 5.10 Å². The minimum atomic E-state index is -0.583. The fourth-order valence-corrected chi connectivity index (χ4v) is 2.07. The van der Waals surface area contributed by atoms with Gasteiger partial charge in [-0.1, -0.05) is 29.3 Å². The summed E-state index contributed by atoms with van der Waals surface area (Å²) >= 11 is 11.8. The molecule has 0 saturated heterocycles. The molecule has 24 heavy (non-hydrogen) atoms. The highest BCUT2D eigenvalue weighted by atomic mass is 35.5. The summed E-state index contributed by atoms with van der Waals surface area (Å²) in [6.45, 7) is 0. The Balaban J connectivity index is 1.84. The largest absolute Gasteiger partial charge is 0.508 e. The summed E-state index contributed by atoms with van der Waals surface area (Å²) in [5.74, 6) is -0.996. The zero-order chi connectivity index (χ0) is 17.5. The number of benzene rings is 2. The number of phenolic OH excluding ortho intramolecular Hbond substituents is 1. The van der Waals surface area contributed by atoms with Crippen LogP contribution in [0.4, 0.5) is 5.69 Å².